The second-order valence-corrected chi connectivity index (χ2v) is 6.79. The minimum atomic E-state index is 0.542. The summed E-state index contributed by atoms with van der Waals surface area (Å²) < 4.78 is 6.99. The van der Waals surface area contributed by atoms with E-state index in [-0.39, 0.29) is 0 Å². The van der Waals surface area contributed by atoms with Gasteiger partial charge < -0.3 is 10.1 Å². The van der Waals surface area contributed by atoms with Gasteiger partial charge in [0.15, 0.2) is 0 Å². The number of benzene rings is 1. The Hall–Kier alpha value is -0.190. The van der Waals surface area contributed by atoms with Crippen LogP contribution in [0.2, 0.25) is 0 Å². The number of likely N-dealkylation sites (N-methyl/N-ethyl adjacent to an activating group) is 1. The van der Waals surface area contributed by atoms with Crippen LogP contribution in [0.3, 0.4) is 0 Å². The average molecular weight is 344 g/mol. The van der Waals surface area contributed by atoms with E-state index < -0.39 is 0 Å². The van der Waals surface area contributed by atoms with Gasteiger partial charge in [0, 0.05) is 16.9 Å². The fourth-order valence-corrected chi connectivity index (χ4v) is 3.66. The molecule has 1 heterocycles. The molecule has 19 heavy (non-hydrogen) atoms. The molecule has 0 aromatic heterocycles. The minimum Gasteiger partial charge on any atom is -0.493 e. The van der Waals surface area contributed by atoms with Crippen LogP contribution in [0.4, 0.5) is 0 Å². The molecule has 106 valence electrons. The lowest BCUT2D eigenvalue weighted by molar-refractivity contribution is 0.351. The van der Waals surface area contributed by atoms with Crippen LogP contribution in [0.25, 0.3) is 0 Å². The maximum Gasteiger partial charge on any atom is 0.125 e. The Morgan fingerprint density at radius 2 is 2.32 bits per heavy atom. The van der Waals surface area contributed by atoms with Crippen LogP contribution in [0, 0.1) is 0 Å². The molecule has 1 aromatic carbocycles. The Morgan fingerprint density at radius 1 is 1.47 bits per heavy atom. The maximum atomic E-state index is 5.81. The van der Waals surface area contributed by atoms with Crippen molar-refractivity contribution in [1.82, 2.24) is 5.32 Å². The zero-order chi connectivity index (χ0) is 13.7. The summed E-state index contributed by atoms with van der Waals surface area (Å²) in [6.45, 7) is 4.03. The zero-order valence-corrected chi connectivity index (χ0v) is 14.1. The molecule has 2 rings (SSSR count). The van der Waals surface area contributed by atoms with Crippen LogP contribution >= 0.6 is 27.7 Å². The predicted molar refractivity (Wildman–Crippen MR) is 87.5 cm³/mol. The smallest absolute Gasteiger partial charge is 0.125 e. The molecule has 4 heteroatoms. The van der Waals surface area contributed by atoms with E-state index >= 15 is 0 Å². The SMILES string of the molecule is CCNC(CCSC)Cc1cc(Br)cc2c1OCC2. The molecule has 1 N–H and O–H groups in total. The van der Waals surface area contributed by atoms with E-state index in [1.807, 2.05) is 11.8 Å². The van der Waals surface area contributed by atoms with Gasteiger partial charge in [0.25, 0.3) is 0 Å². The molecule has 1 atom stereocenters. The third-order valence-electron chi connectivity index (χ3n) is 3.45. The summed E-state index contributed by atoms with van der Waals surface area (Å²) in [5, 5.41) is 3.59. The van der Waals surface area contributed by atoms with E-state index in [1.54, 1.807) is 0 Å². The molecule has 0 amide bonds. The highest BCUT2D eigenvalue weighted by atomic mass is 79.9. The number of hydrogen-bond acceptors (Lipinski definition) is 3. The second-order valence-electron chi connectivity index (χ2n) is 4.89. The van der Waals surface area contributed by atoms with Gasteiger partial charge in [-0.3, -0.25) is 0 Å². The molecule has 1 aliphatic rings. The summed E-state index contributed by atoms with van der Waals surface area (Å²) in [6, 6.07) is 4.95. The van der Waals surface area contributed by atoms with Gasteiger partial charge in [0.05, 0.1) is 6.61 Å². The average Bonchev–Trinajstić information content (AvgIpc) is 2.84. The molecular formula is C15H22BrNOS. The summed E-state index contributed by atoms with van der Waals surface area (Å²) in [5.74, 6) is 2.34. The monoisotopic (exact) mass is 343 g/mol. The standard InChI is InChI=1S/C15H22BrNOS/c1-3-17-14(5-7-19-2)10-12-9-13(16)8-11-4-6-18-15(11)12/h8-9,14,17H,3-7,10H2,1-2H3. The molecule has 0 fully saturated rings. The van der Waals surface area contributed by atoms with Crippen molar-refractivity contribution in [1.29, 1.82) is 0 Å². The third kappa shape index (κ3) is 4.14. The van der Waals surface area contributed by atoms with E-state index in [1.165, 1.54) is 27.8 Å². The van der Waals surface area contributed by atoms with E-state index in [9.17, 15) is 0 Å². The lowest BCUT2D eigenvalue weighted by atomic mass is 10.00. The highest BCUT2D eigenvalue weighted by Crippen LogP contribution is 2.33. The molecular weight excluding hydrogens is 322 g/mol. The molecule has 1 aliphatic heterocycles. The first kappa shape index (κ1) is 15.2. The lowest BCUT2D eigenvalue weighted by Gasteiger charge is -2.19. The first-order valence-corrected chi connectivity index (χ1v) is 9.09. The van der Waals surface area contributed by atoms with Crippen molar-refractivity contribution in [2.45, 2.75) is 32.2 Å². The summed E-state index contributed by atoms with van der Waals surface area (Å²) >= 11 is 5.53. The Bertz CT molecular complexity index is 425. The van der Waals surface area contributed by atoms with E-state index in [0.717, 1.165) is 31.7 Å². The van der Waals surface area contributed by atoms with Gasteiger partial charge >= 0.3 is 0 Å². The molecule has 0 spiro atoms. The first-order chi connectivity index (χ1) is 9.24. The topological polar surface area (TPSA) is 21.3 Å². The number of fused-ring (bicyclic) bond motifs is 1. The molecule has 2 nitrogen and oxygen atoms in total. The number of ether oxygens (including phenoxy) is 1. The second kappa shape index (κ2) is 7.55. The fourth-order valence-electron chi connectivity index (χ4n) is 2.59. The number of rotatable bonds is 7. The molecule has 0 bridgehead atoms. The van der Waals surface area contributed by atoms with Gasteiger partial charge in [0.2, 0.25) is 0 Å². The van der Waals surface area contributed by atoms with E-state index in [0.29, 0.717) is 6.04 Å². The van der Waals surface area contributed by atoms with E-state index in [2.05, 4.69) is 46.6 Å². The predicted octanol–water partition coefficient (Wildman–Crippen LogP) is 3.66. The van der Waals surface area contributed by atoms with Gasteiger partial charge in [-0.15, -0.1) is 0 Å². The number of halogens is 1. The van der Waals surface area contributed by atoms with Crippen molar-refractivity contribution in [3.63, 3.8) is 0 Å². The number of hydrogen-bond donors (Lipinski definition) is 1. The highest BCUT2D eigenvalue weighted by Gasteiger charge is 2.19. The molecule has 1 aromatic rings. The number of nitrogens with one attached hydrogen (secondary N) is 1. The zero-order valence-electron chi connectivity index (χ0n) is 11.7. The van der Waals surface area contributed by atoms with Gasteiger partial charge in [-0.05, 0) is 54.7 Å². The van der Waals surface area contributed by atoms with Crippen LogP contribution < -0.4 is 10.1 Å². The van der Waals surface area contributed by atoms with Crippen molar-refractivity contribution >= 4 is 27.7 Å². The summed E-state index contributed by atoms with van der Waals surface area (Å²) in [7, 11) is 0. The molecule has 1 unspecified atom stereocenters. The van der Waals surface area contributed by atoms with Crippen molar-refractivity contribution in [2.24, 2.45) is 0 Å². The van der Waals surface area contributed by atoms with Gasteiger partial charge in [-0.2, -0.15) is 11.8 Å². The third-order valence-corrected chi connectivity index (χ3v) is 4.56. The largest absolute Gasteiger partial charge is 0.493 e. The first-order valence-electron chi connectivity index (χ1n) is 6.91. The summed E-state index contributed by atoms with van der Waals surface area (Å²) in [5.41, 5.74) is 2.69. The Labute approximate surface area is 128 Å². The quantitative estimate of drug-likeness (QED) is 0.816. The van der Waals surface area contributed by atoms with Crippen LogP contribution in [0.5, 0.6) is 5.75 Å². The lowest BCUT2D eigenvalue weighted by Crippen LogP contribution is -2.31. The molecule has 0 saturated heterocycles. The van der Waals surface area contributed by atoms with Crippen LogP contribution in [-0.4, -0.2) is 31.2 Å². The van der Waals surface area contributed by atoms with Gasteiger partial charge in [0.1, 0.15) is 5.75 Å². The van der Waals surface area contributed by atoms with Gasteiger partial charge in [-0.25, -0.2) is 0 Å². The Kier molecular flexibility index (Phi) is 6.05. The van der Waals surface area contributed by atoms with Crippen molar-refractivity contribution in [3.05, 3.63) is 27.7 Å². The molecule has 0 saturated carbocycles. The van der Waals surface area contributed by atoms with Crippen molar-refractivity contribution in [3.8, 4) is 5.75 Å². The Balaban J connectivity index is 2.12. The van der Waals surface area contributed by atoms with Crippen LogP contribution in [-0.2, 0) is 12.8 Å². The van der Waals surface area contributed by atoms with Crippen LogP contribution in [0.1, 0.15) is 24.5 Å². The number of thioether (sulfide) groups is 1. The van der Waals surface area contributed by atoms with Crippen molar-refractivity contribution < 1.29 is 4.74 Å². The molecule has 0 aliphatic carbocycles. The maximum absolute atomic E-state index is 5.81. The normalized spacial score (nSPS) is 15.1. The summed E-state index contributed by atoms with van der Waals surface area (Å²) in [4.78, 5) is 0. The van der Waals surface area contributed by atoms with Crippen LogP contribution in [0.15, 0.2) is 16.6 Å². The Morgan fingerprint density at radius 3 is 3.05 bits per heavy atom. The van der Waals surface area contributed by atoms with Crippen molar-refractivity contribution in [2.75, 3.05) is 25.2 Å². The fraction of sp³-hybridized carbons (Fsp3) is 0.600. The van der Waals surface area contributed by atoms with E-state index in [4.69, 9.17) is 4.74 Å². The minimum absolute atomic E-state index is 0.542. The molecule has 0 radical (unpaired) electrons. The summed E-state index contributed by atoms with van der Waals surface area (Å²) in [6.07, 6.45) is 5.47. The van der Waals surface area contributed by atoms with Gasteiger partial charge in [-0.1, -0.05) is 22.9 Å². The highest BCUT2D eigenvalue weighted by molar-refractivity contribution is 9.10.